The maximum Gasteiger partial charge on any atom is 0.410 e. The average molecular weight is 466 g/mol. The normalized spacial score (nSPS) is 25.0. The van der Waals surface area contributed by atoms with E-state index >= 15 is 0 Å². The van der Waals surface area contributed by atoms with Gasteiger partial charge in [0.05, 0.1) is 11.9 Å². The third kappa shape index (κ3) is 3.13. The lowest BCUT2D eigenvalue weighted by Crippen LogP contribution is -2.52. The summed E-state index contributed by atoms with van der Waals surface area (Å²) < 4.78 is 7.94. The molecule has 176 valence electrons. The third-order valence-corrected chi connectivity index (χ3v) is 8.21. The molecule has 2 aromatic heterocycles. The van der Waals surface area contributed by atoms with Gasteiger partial charge in [-0.1, -0.05) is 54.6 Å². The topological polar surface area (TPSA) is 67.1 Å². The Bertz CT molecular complexity index is 1380. The van der Waals surface area contributed by atoms with Crippen molar-refractivity contribution in [2.45, 2.75) is 49.3 Å². The van der Waals surface area contributed by atoms with Crippen LogP contribution in [0.15, 0.2) is 79.1 Å². The zero-order valence-corrected chi connectivity index (χ0v) is 19.4. The molecule has 6 heteroatoms. The zero-order valence-electron chi connectivity index (χ0n) is 19.4. The van der Waals surface area contributed by atoms with Gasteiger partial charge in [-0.3, -0.25) is 0 Å². The number of rotatable bonds is 3. The van der Waals surface area contributed by atoms with Gasteiger partial charge in [-0.25, -0.2) is 9.78 Å². The third-order valence-electron chi connectivity index (χ3n) is 8.21. The molecule has 7 rings (SSSR count). The highest BCUT2D eigenvalue weighted by molar-refractivity contribution is 5.79. The lowest BCUT2D eigenvalue weighted by molar-refractivity contribution is -0.0563. The Labute approximate surface area is 203 Å². The van der Waals surface area contributed by atoms with Crippen LogP contribution in [-0.2, 0) is 10.3 Å². The fraction of sp³-hybridized carbons (Fsp3) is 0.310. The number of benzene rings is 2. The number of carbonyl (C=O) groups excluding carboxylic acids is 1. The van der Waals surface area contributed by atoms with Gasteiger partial charge in [-0.05, 0) is 47.2 Å². The second-order valence-corrected chi connectivity index (χ2v) is 10.1. The van der Waals surface area contributed by atoms with Crippen LogP contribution in [0.4, 0.5) is 4.79 Å². The van der Waals surface area contributed by atoms with E-state index in [0.29, 0.717) is 19.4 Å². The van der Waals surface area contributed by atoms with Crippen molar-refractivity contribution < 1.29 is 14.6 Å². The SMILES string of the molecule is O=C(OCC1c2ccccc2-c2ccccc21)N1C2CCC1CC(O)(c1cnc3ccccn13)C2. The number of piperidine rings is 1. The summed E-state index contributed by atoms with van der Waals surface area (Å²) in [5.41, 5.74) is 5.49. The highest BCUT2D eigenvalue weighted by atomic mass is 16.6. The number of aromatic nitrogens is 2. The van der Waals surface area contributed by atoms with Crippen molar-refractivity contribution in [2.24, 2.45) is 0 Å². The largest absolute Gasteiger partial charge is 0.448 e. The van der Waals surface area contributed by atoms with Crippen LogP contribution in [0.2, 0.25) is 0 Å². The Morgan fingerprint density at radius 1 is 0.943 bits per heavy atom. The summed E-state index contributed by atoms with van der Waals surface area (Å²) in [4.78, 5) is 19.7. The molecule has 3 aliphatic rings. The quantitative estimate of drug-likeness (QED) is 0.457. The Kier molecular flexibility index (Phi) is 4.55. The van der Waals surface area contributed by atoms with Gasteiger partial charge in [0, 0.05) is 37.0 Å². The first-order valence-corrected chi connectivity index (χ1v) is 12.4. The molecule has 2 fully saturated rings. The second kappa shape index (κ2) is 7.68. The molecule has 0 radical (unpaired) electrons. The molecule has 1 amide bonds. The summed E-state index contributed by atoms with van der Waals surface area (Å²) >= 11 is 0. The fourth-order valence-corrected chi connectivity index (χ4v) is 6.68. The molecule has 2 aromatic carbocycles. The van der Waals surface area contributed by atoms with E-state index in [-0.39, 0.29) is 24.1 Å². The number of nitrogens with zero attached hydrogens (tertiary/aromatic N) is 3. The maximum atomic E-state index is 13.4. The van der Waals surface area contributed by atoms with Crippen LogP contribution in [0.1, 0.15) is 48.4 Å². The Hall–Kier alpha value is -3.64. The van der Waals surface area contributed by atoms with Gasteiger partial charge in [-0.2, -0.15) is 0 Å². The number of hydrogen-bond donors (Lipinski definition) is 1. The van der Waals surface area contributed by atoms with E-state index in [9.17, 15) is 9.90 Å². The van der Waals surface area contributed by atoms with Gasteiger partial charge in [0.15, 0.2) is 0 Å². The molecule has 4 heterocycles. The first-order chi connectivity index (χ1) is 17.1. The minimum absolute atomic E-state index is 0.0383. The molecule has 0 saturated carbocycles. The van der Waals surface area contributed by atoms with Crippen molar-refractivity contribution in [1.29, 1.82) is 0 Å². The second-order valence-electron chi connectivity index (χ2n) is 10.1. The van der Waals surface area contributed by atoms with Crippen molar-refractivity contribution in [3.63, 3.8) is 0 Å². The summed E-state index contributed by atoms with van der Waals surface area (Å²) in [6.07, 6.45) is 6.21. The Balaban J connectivity index is 1.10. The minimum Gasteiger partial charge on any atom is -0.448 e. The molecule has 1 aliphatic carbocycles. The van der Waals surface area contributed by atoms with E-state index in [1.807, 2.05) is 45.8 Å². The molecule has 6 nitrogen and oxygen atoms in total. The number of aliphatic hydroxyl groups is 1. The molecular weight excluding hydrogens is 438 g/mol. The summed E-state index contributed by atoms with van der Waals surface area (Å²) in [6, 6.07) is 22.5. The van der Waals surface area contributed by atoms with E-state index < -0.39 is 5.60 Å². The van der Waals surface area contributed by atoms with Gasteiger partial charge in [0.25, 0.3) is 0 Å². The molecule has 2 unspecified atom stereocenters. The first kappa shape index (κ1) is 20.7. The van der Waals surface area contributed by atoms with E-state index in [2.05, 4.69) is 41.4 Å². The summed E-state index contributed by atoms with van der Waals surface area (Å²) in [5.74, 6) is 0.0453. The van der Waals surface area contributed by atoms with E-state index in [0.717, 1.165) is 24.2 Å². The van der Waals surface area contributed by atoms with Crippen molar-refractivity contribution in [3.8, 4) is 11.1 Å². The molecule has 2 bridgehead atoms. The predicted octanol–water partition coefficient (Wildman–Crippen LogP) is 5.10. The van der Waals surface area contributed by atoms with Gasteiger partial charge >= 0.3 is 6.09 Å². The fourth-order valence-electron chi connectivity index (χ4n) is 6.68. The lowest BCUT2D eigenvalue weighted by Gasteiger charge is -2.43. The van der Waals surface area contributed by atoms with Crippen LogP contribution in [-0.4, -0.2) is 44.2 Å². The minimum atomic E-state index is -1.01. The van der Waals surface area contributed by atoms with E-state index in [4.69, 9.17) is 4.74 Å². The summed E-state index contributed by atoms with van der Waals surface area (Å²) in [7, 11) is 0. The van der Waals surface area contributed by atoms with Crippen molar-refractivity contribution >= 4 is 11.7 Å². The molecule has 1 N–H and O–H groups in total. The van der Waals surface area contributed by atoms with Crippen LogP contribution in [0, 0.1) is 0 Å². The molecule has 4 aromatic rings. The first-order valence-electron chi connectivity index (χ1n) is 12.4. The standard InChI is InChI=1S/C29H27N3O3/c33-28(35-18-25-23-9-3-1-7-21(23)22-8-2-4-10-24(22)25)32-19-12-13-20(32)16-29(34,15-19)26-17-30-27-11-5-6-14-31(26)27/h1-11,14,17,19-20,25,34H,12-13,15-16,18H2. The van der Waals surface area contributed by atoms with Gasteiger partial charge in [0.2, 0.25) is 0 Å². The van der Waals surface area contributed by atoms with Crippen LogP contribution in [0.3, 0.4) is 0 Å². The van der Waals surface area contributed by atoms with Crippen LogP contribution in [0.5, 0.6) is 0 Å². The number of amides is 1. The number of hydrogen-bond acceptors (Lipinski definition) is 4. The van der Waals surface area contributed by atoms with Crippen molar-refractivity contribution in [3.05, 3.63) is 95.9 Å². The van der Waals surface area contributed by atoms with E-state index in [1.165, 1.54) is 22.3 Å². The van der Waals surface area contributed by atoms with Crippen LogP contribution < -0.4 is 0 Å². The van der Waals surface area contributed by atoms with E-state index in [1.54, 1.807) is 6.20 Å². The average Bonchev–Trinajstić information content (AvgIpc) is 3.54. The highest BCUT2D eigenvalue weighted by Crippen LogP contribution is 2.47. The summed E-state index contributed by atoms with van der Waals surface area (Å²) in [5, 5.41) is 11.7. The van der Waals surface area contributed by atoms with Crippen molar-refractivity contribution in [2.75, 3.05) is 6.61 Å². The monoisotopic (exact) mass is 465 g/mol. The van der Waals surface area contributed by atoms with Gasteiger partial charge in [0.1, 0.15) is 17.9 Å². The number of ether oxygens (including phenoxy) is 1. The smallest absolute Gasteiger partial charge is 0.410 e. The number of carbonyl (C=O) groups is 1. The van der Waals surface area contributed by atoms with Crippen LogP contribution >= 0.6 is 0 Å². The molecule has 2 aliphatic heterocycles. The number of pyridine rings is 1. The molecule has 35 heavy (non-hydrogen) atoms. The van der Waals surface area contributed by atoms with Crippen molar-refractivity contribution in [1.82, 2.24) is 14.3 Å². The molecule has 2 atom stereocenters. The molecule has 0 spiro atoms. The summed E-state index contributed by atoms with van der Waals surface area (Å²) in [6.45, 7) is 0.320. The Morgan fingerprint density at radius 2 is 1.57 bits per heavy atom. The molecular formula is C29H27N3O3. The Morgan fingerprint density at radius 3 is 2.26 bits per heavy atom. The number of imidazole rings is 1. The number of fused-ring (bicyclic) bond motifs is 6. The van der Waals surface area contributed by atoms with Gasteiger partial charge in [-0.15, -0.1) is 0 Å². The lowest BCUT2D eigenvalue weighted by atomic mass is 9.84. The maximum absolute atomic E-state index is 13.4. The van der Waals surface area contributed by atoms with Gasteiger partial charge < -0.3 is 19.1 Å². The zero-order chi connectivity index (χ0) is 23.6. The predicted molar refractivity (Wildman–Crippen MR) is 132 cm³/mol. The van der Waals surface area contributed by atoms with Crippen LogP contribution in [0.25, 0.3) is 16.8 Å². The highest BCUT2D eigenvalue weighted by Gasteiger charge is 2.51. The molecule has 2 saturated heterocycles.